The van der Waals surface area contributed by atoms with Crippen LogP contribution in [-0.4, -0.2) is 16.3 Å². The molecule has 39 heavy (non-hydrogen) atoms. The van der Waals surface area contributed by atoms with Crippen LogP contribution < -0.4 is 0 Å². The van der Waals surface area contributed by atoms with Gasteiger partial charge in [0.25, 0.3) is 5.69 Å². The Morgan fingerprint density at radius 1 is 0.590 bits per heavy atom. The van der Waals surface area contributed by atoms with Gasteiger partial charge in [0, 0.05) is 28.6 Å². The van der Waals surface area contributed by atoms with Crippen molar-refractivity contribution in [3.05, 3.63) is 134 Å². The van der Waals surface area contributed by atoms with E-state index in [9.17, 15) is 10.1 Å². The minimum absolute atomic E-state index is 0.0744. The molecule has 0 saturated carbocycles. The Balaban J connectivity index is 1.67. The summed E-state index contributed by atoms with van der Waals surface area (Å²) in [5.74, 6) is 0. The van der Waals surface area contributed by atoms with Crippen molar-refractivity contribution >= 4 is 39.3 Å². The van der Waals surface area contributed by atoms with E-state index in [1.54, 1.807) is 12.1 Å². The fourth-order valence-corrected chi connectivity index (χ4v) is 5.51. The van der Waals surface area contributed by atoms with Crippen LogP contribution in [0.5, 0.6) is 0 Å². The van der Waals surface area contributed by atoms with E-state index in [1.165, 1.54) is 6.07 Å². The van der Waals surface area contributed by atoms with Crippen LogP contribution in [0.2, 0.25) is 0 Å². The molecule has 0 radical (unpaired) electrons. The molecule has 0 N–H and O–H groups in total. The molecule has 0 aliphatic heterocycles. The summed E-state index contributed by atoms with van der Waals surface area (Å²) in [6, 6.07) is 29.6. The Bertz CT molecular complexity index is 1770. The van der Waals surface area contributed by atoms with Crippen molar-refractivity contribution < 1.29 is 4.92 Å². The molecule has 1 aliphatic carbocycles. The Kier molecular flexibility index (Phi) is 5.92. The summed E-state index contributed by atoms with van der Waals surface area (Å²) < 4.78 is 0. The highest BCUT2D eigenvalue weighted by Gasteiger charge is 2.29. The third-order valence-electron chi connectivity index (χ3n) is 7.47. The standard InChI is InChI=1S/C34H27N3O2/c1-20-9-5-10-21(2)31(20)35-33-28-16-8-15-27-26(24-13-7-14-25(19-24)37(38)39)17-18-29(30(27)28)34(33)36-32-22(3)11-6-12-23(32)4/h5-19H,1-4H3. The van der Waals surface area contributed by atoms with Gasteiger partial charge in [-0.3, -0.25) is 10.1 Å². The summed E-state index contributed by atoms with van der Waals surface area (Å²) in [6.45, 7) is 8.32. The highest BCUT2D eigenvalue weighted by Crippen LogP contribution is 2.40. The molecule has 5 aromatic carbocycles. The molecule has 5 nitrogen and oxygen atoms in total. The Labute approximate surface area is 227 Å². The molecule has 5 heteroatoms. The average molecular weight is 510 g/mol. The highest BCUT2D eigenvalue weighted by molar-refractivity contribution is 6.61. The molecule has 0 saturated heterocycles. The third-order valence-corrected chi connectivity index (χ3v) is 7.47. The first-order chi connectivity index (χ1) is 18.8. The number of nitro groups is 1. The monoisotopic (exact) mass is 509 g/mol. The molecule has 1 aliphatic rings. The predicted molar refractivity (Wildman–Crippen MR) is 160 cm³/mol. The quantitative estimate of drug-likeness (QED) is 0.179. The van der Waals surface area contributed by atoms with Crippen molar-refractivity contribution in [1.82, 2.24) is 0 Å². The van der Waals surface area contributed by atoms with E-state index in [4.69, 9.17) is 9.98 Å². The topological polar surface area (TPSA) is 67.9 Å². The fourth-order valence-electron chi connectivity index (χ4n) is 5.51. The van der Waals surface area contributed by atoms with Gasteiger partial charge in [0.1, 0.15) is 0 Å². The van der Waals surface area contributed by atoms with Crippen molar-refractivity contribution in [1.29, 1.82) is 0 Å². The number of para-hydroxylation sites is 2. The second-order valence-corrected chi connectivity index (χ2v) is 10.1. The summed E-state index contributed by atoms with van der Waals surface area (Å²) in [6.07, 6.45) is 0. The lowest BCUT2D eigenvalue weighted by molar-refractivity contribution is -0.384. The first-order valence-corrected chi connectivity index (χ1v) is 12.9. The zero-order valence-electron chi connectivity index (χ0n) is 22.3. The molecule has 0 aromatic heterocycles. The Morgan fingerprint density at radius 2 is 1.08 bits per heavy atom. The zero-order chi connectivity index (χ0) is 27.3. The van der Waals surface area contributed by atoms with Crippen LogP contribution in [0, 0.1) is 37.8 Å². The predicted octanol–water partition coefficient (Wildman–Crippen LogP) is 8.90. The summed E-state index contributed by atoms with van der Waals surface area (Å²) in [5.41, 5.74) is 11.9. The molecular weight excluding hydrogens is 482 g/mol. The van der Waals surface area contributed by atoms with Crippen molar-refractivity contribution in [2.45, 2.75) is 27.7 Å². The van der Waals surface area contributed by atoms with Crippen LogP contribution in [0.3, 0.4) is 0 Å². The number of hydrogen-bond acceptors (Lipinski definition) is 4. The molecule has 6 rings (SSSR count). The van der Waals surface area contributed by atoms with Crippen molar-refractivity contribution in [2.24, 2.45) is 9.98 Å². The van der Waals surface area contributed by atoms with Crippen LogP contribution in [0.4, 0.5) is 17.1 Å². The number of non-ortho nitro benzene ring substituents is 1. The number of nitro benzene ring substituents is 1. The summed E-state index contributed by atoms with van der Waals surface area (Å²) in [5, 5.41) is 13.6. The molecule has 0 heterocycles. The van der Waals surface area contributed by atoms with Gasteiger partial charge < -0.3 is 0 Å². The Hall–Kier alpha value is -4.90. The van der Waals surface area contributed by atoms with Crippen molar-refractivity contribution in [3.63, 3.8) is 0 Å². The van der Waals surface area contributed by atoms with Crippen LogP contribution in [0.1, 0.15) is 33.4 Å². The van der Waals surface area contributed by atoms with Gasteiger partial charge in [-0.05, 0) is 66.5 Å². The number of benzene rings is 5. The molecule has 0 amide bonds. The van der Waals surface area contributed by atoms with Crippen LogP contribution in [-0.2, 0) is 0 Å². The lowest BCUT2D eigenvalue weighted by atomic mass is 9.95. The van der Waals surface area contributed by atoms with Crippen LogP contribution >= 0.6 is 0 Å². The van der Waals surface area contributed by atoms with Gasteiger partial charge in [0.15, 0.2) is 0 Å². The summed E-state index contributed by atoms with van der Waals surface area (Å²) in [7, 11) is 0. The second kappa shape index (κ2) is 9.44. The zero-order valence-corrected chi connectivity index (χ0v) is 22.3. The largest absolute Gasteiger partial charge is 0.270 e. The number of aliphatic imine (C=N–C) groups is 2. The normalized spacial score (nSPS) is 14.5. The SMILES string of the molecule is Cc1cccc(C)c1N=C1C(=Nc2c(C)cccc2C)c2ccc(-c3cccc([N+](=O)[O-])c3)c3cccc1c23. The number of aryl methyl sites for hydroxylation is 4. The van der Waals surface area contributed by atoms with Gasteiger partial charge in [-0.1, -0.05) is 78.9 Å². The van der Waals surface area contributed by atoms with E-state index in [1.807, 2.05) is 18.2 Å². The second-order valence-electron chi connectivity index (χ2n) is 10.1. The van der Waals surface area contributed by atoms with E-state index in [0.29, 0.717) is 0 Å². The maximum atomic E-state index is 11.5. The minimum atomic E-state index is -0.353. The van der Waals surface area contributed by atoms with Gasteiger partial charge in [-0.25, -0.2) is 9.98 Å². The first-order valence-electron chi connectivity index (χ1n) is 12.9. The smallest absolute Gasteiger partial charge is 0.258 e. The fraction of sp³-hybridized carbons (Fsp3) is 0.118. The molecule has 0 atom stereocenters. The Morgan fingerprint density at radius 3 is 1.64 bits per heavy atom. The molecule has 190 valence electrons. The number of rotatable bonds is 4. The molecular formula is C34H27N3O2. The first kappa shape index (κ1) is 24.4. The van der Waals surface area contributed by atoms with Gasteiger partial charge in [-0.2, -0.15) is 0 Å². The van der Waals surface area contributed by atoms with E-state index >= 15 is 0 Å². The lowest BCUT2D eigenvalue weighted by Crippen LogP contribution is -2.10. The van der Waals surface area contributed by atoms with Crippen molar-refractivity contribution in [2.75, 3.05) is 0 Å². The molecule has 0 fully saturated rings. The van der Waals surface area contributed by atoms with Crippen molar-refractivity contribution in [3.8, 4) is 11.1 Å². The average Bonchev–Trinajstić information content (AvgIpc) is 3.22. The lowest BCUT2D eigenvalue weighted by Gasteiger charge is -2.10. The third kappa shape index (κ3) is 4.12. The van der Waals surface area contributed by atoms with E-state index in [0.717, 1.165) is 78.1 Å². The van der Waals surface area contributed by atoms with Crippen LogP contribution in [0.15, 0.2) is 101 Å². The maximum absolute atomic E-state index is 11.5. The summed E-state index contributed by atoms with van der Waals surface area (Å²) in [4.78, 5) is 21.7. The molecule has 5 aromatic rings. The number of hydrogen-bond donors (Lipinski definition) is 0. The van der Waals surface area contributed by atoms with Gasteiger partial charge in [0.05, 0.1) is 27.7 Å². The highest BCUT2D eigenvalue weighted by atomic mass is 16.6. The van der Waals surface area contributed by atoms with Gasteiger partial charge in [-0.15, -0.1) is 0 Å². The van der Waals surface area contributed by atoms with E-state index in [2.05, 4.69) is 82.3 Å². The van der Waals surface area contributed by atoms with E-state index < -0.39 is 0 Å². The summed E-state index contributed by atoms with van der Waals surface area (Å²) >= 11 is 0. The van der Waals surface area contributed by atoms with E-state index in [-0.39, 0.29) is 10.6 Å². The number of nitrogens with zero attached hydrogens (tertiary/aromatic N) is 3. The maximum Gasteiger partial charge on any atom is 0.270 e. The minimum Gasteiger partial charge on any atom is -0.258 e. The molecule has 0 spiro atoms. The van der Waals surface area contributed by atoms with Gasteiger partial charge >= 0.3 is 0 Å². The molecule has 0 unspecified atom stereocenters. The van der Waals surface area contributed by atoms with Crippen LogP contribution in [0.25, 0.3) is 21.9 Å². The van der Waals surface area contributed by atoms with Gasteiger partial charge in [0.2, 0.25) is 0 Å². The molecule has 0 bridgehead atoms.